The van der Waals surface area contributed by atoms with E-state index in [4.69, 9.17) is 9.84 Å². The molecule has 6 nitrogen and oxygen atoms in total. The van der Waals surface area contributed by atoms with Crippen molar-refractivity contribution in [2.75, 3.05) is 32.8 Å². The molecule has 0 spiro atoms. The highest BCUT2D eigenvalue weighted by Crippen LogP contribution is 2.31. The Balaban J connectivity index is 1.44. The van der Waals surface area contributed by atoms with Gasteiger partial charge in [-0.05, 0) is 68.3 Å². The molecule has 2 saturated heterocycles. The minimum atomic E-state index is -1.00. The summed E-state index contributed by atoms with van der Waals surface area (Å²) < 4.78 is 5.11. The van der Waals surface area contributed by atoms with E-state index in [0.717, 1.165) is 56.4 Å². The summed E-state index contributed by atoms with van der Waals surface area (Å²) in [5.41, 5.74) is 0.929. The van der Waals surface area contributed by atoms with E-state index in [1.54, 1.807) is 12.1 Å². The molecule has 1 amide bonds. The molecule has 0 aliphatic carbocycles. The predicted octanol–water partition coefficient (Wildman–Crippen LogP) is 1.93. The number of amides is 1. The number of piperidine rings is 2. The second-order valence-electron chi connectivity index (χ2n) is 7.31. The van der Waals surface area contributed by atoms with E-state index in [2.05, 4.69) is 5.32 Å². The molecule has 2 N–H and O–H groups in total. The number of nitrogens with zero attached hydrogens (tertiary/aromatic N) is 1. The van der Waals surface area contributed by atoms with E-state index in [9.17, 15) is 9.59 Å². The second-order valence-corrected chi connectivity index (χ2v) is 7.31. The Morgan fingerprint density at radius 3 is 2.27 bits per heavy atom. The molecular weight excluding hydrogens is 332 g/mol. The van der Waals surface area contributed by atoms with E-state index in [1.165, 1.54) is 12.8 Å². The van der Waals surface area contributed by atoms with Crippen molar-refractivity contribution in [3.8, 4) is 5.75 Å². The van der Waals surface area contributed by atoms with Crippen molar-refractivity contribution in [1.29, 1.82) is 0 Å². The van der Waals surface area contributed by atoms with Crippen LogP contribution in [0.15, 0.2) is 24.3 Å². The molecule has 2 heterocycles. The summed E-state index contributed by atoms with van der Waals surface area (Å²) in [5.74, 6) is 1.27. The molecule has 0 unspecified atom stereocenters. The van der Waals surface area contributed by atoms with Gasteiger partial charge in [0.05, 0.1) is 6.42 Å². The lowest BCUT2D eigenvalue weighted by Crippen LogP contribution is -2.42. The molecular formula is C20H28N2O4. The fourth-order valence-corrected chi connectivity index (χ4v) is 4.07. The molecule has 0 atom stereocenters. The minimum absolute atomic E-state index is 0.174. The zero-order valence-corrected chi connectivity index (χ0v) is 15.2. The molecule has 26 heavy (non-hydrogen) atoms. The summed E-state index contributed by atoms with van der Waals surface area (Å²) in [6.45, 7) is 3.65. The van der Waals surface area contributed by atoms with Gasteiger partial charge in [0.15, 0.2) is 6.61 Å². The quantitative estimate of drug-likeness (QED) is 0.810. The zero-order chi connectivity index (χ0) is 18.4. The first kappa shape index (κ1) is 18.7. The molecule has 1 aromatic carbocycles. The van der Waals surface area contributed by atoms with Crippen LogP contribution in [-0.4, -0.2) is 54.7 Å². The zero-order valence-electron chi connectivity index (χ0n) is 15.2. The van der Waals surface area contributed by atoms with Gasteiger partial charge >= 0.3 is 5.97 Å². The smallest absolute Gasteiger partial charge is 0.341 e. The molecule has 2 aliphatic rings. The number of nitrogens with one attached hydrogen (secondary N) is 1. The van der Waals surface area contributed by atoms with Gasteiger partial charge in [0, 0.05) is 13.1 Å². The standard InChI is InChI=1S/C20H28N2O4/c23-19(13-15-1-3-18(4-2-15)26-14-20(24)25)22-11-7-17(8-12-22)16-5-9-21-10-6-16/h1-4,16-17,21H,5-14H2,(H,24,25). The lowest BCUT2D eigenvalue weighted by Gasteiger charge is -2.37. The van der Waals surface area contributed by atoms with Gasteiger partial charge in [-0.1, -0.05) is 12.1 Å². The molecule has 142 valence electrons. The van der Waals surface area contributed by atoms with Crippen molar-refractivity contribution < 1.29 is 19.4 Å². The molecule has 0 radical (unpaired) electrons. The fourth-order valence-electron chi connectivity index (χ4n) is 4.07. The molecule has 0 saturated carbocycles. The Morgan fingerprint density at radius 2 is 1.65 bits per heavy atom. The van der Waals surface area contributed by atoms with Gasteiger partial charge in [-0.25, -0.2) is 4.79 Å². The number of likely N-dealkylation sites (tertiary alicyclic amines) is 1. The Hall–Kier alpha value is -2.08. The third-order valence-electron chi connectivity index (χ3n) is 5.58. The monoisotopic (exact) mass is 360 g/mol. The van der Waals surface area contributed by atoms with Gasteiger partial charge < -0.3 is 20.1 Å². The normalized spacial score (nSPS) is 19.3. The number of carboxylic acid groups (broad SMARTS) is 1. The molecule has 2 fully saturated rings. The van der Waals surface area contributed by atoms with Gasteiger partial charge in [0.25, 0.3) is 0 Å². The number of carboxylic acids is 1. The number of ether oxygens (including phenoxy) is 1. The lowest BCUT2D eigenvalue weighted by molar-refractivity contribution is -0.139. The third kappa shape index (κ3) is 5.21. The first-order valence-electron chi connectivity index (χ1n) is 9.54. The SMILES string of the molecule is O=C(O)COc1ccc(CC(=O)N2CCC(C3CCNCC3)CC2)cc1. The van der Waals surface area contributed by atoms with Crippen molar-refractivity contribution in [1.82, 2.24) is 10.2 Å². The molecule has 0 aromatic heterocycles. The van der Waals surface area contributed by atoms with Gasteiger partial charge in [-0.2, -0.15) is 0 Å². The van der Waals surface area contributed by atoms with Crippen LogP contribution in [-0.2, 0) is 16.0 Å². The maximum absolute atomic E-state index is 12.6. The maximum atomic E-state index is 12.6. The van der Waals surface area contributed by atoms with Crippen LogP contribution in [0.5, 0.6) is 5.75 Å². The minimum Gasteiger partial charge on any atom is -0.482 e. The summed E-state index contributed by atoms with van der Waals surface area (Å²) in [6, 6.07) is 7.09. The number of carbonyl (C=O) groups is 2. The highest BCUT2D eigenvalue weighted by molar-refractivity contribution is 5.78. The average molecular weight is 360 g/mol. The largest absolute Gasteiger partial charge is 0.482 e. The molecule has 2 aliphatic heterocycles. The first-order chi connectivity index (χ1) is 12.6. The Kier molecular flexibility index (Phi) is 6.50. The number of aliphatic carboxylic acids is 1. The van der Waals surface area contributed by atoms with Crippen molar-refractivity contribution in [3.05, 3.63) is 29.8 Å². The van der Waals surface area contributed by atoms with Crippen LogP contribution in [0.1, 0.15) is 31.2 Å². The Morgan fingerprint density at radius 1 is 1.04 bits per heavy atom. The summed E-state index contributed by atoms with van der Waals surface area (Å²) >= 11 is 0. The summed E-state index contributed by atoms with van der Waals surface area (Å²) in [4.78, 5) is 25.1. The van der Waals surface area contributed by atoms with Crippen LogP contribution in [0.2, 0.25) is 0 Å². The predicted molar refractivity (Wildman–Crippen MR) is 98.2 cm³/mol. The van der Waals surface area contributed by atoms with Crippen LogP contribution in [0.25, 0.3) is 0 Å². The van der Waals surface area contributed by atoms with E-state index in [1.807, 2.05) is 17.0 Å². The van der Waals surface area contributed by atoms with Crippen molar-refractivity contribution in [2.24, 2.45) is 11.8 Å². The van der Waals surface area contributed by atoms with Gasteiger partial charge in [-0.15, -0.1) is 0 Å². The Labute approximate surface area is 154 Å². The highest BCUT2D eigenvalue weighted by Gasteiger charge is 2.29. The van der Waals surface area contributed by atoms with Gasteiger partial charge in [-0.3, -0.25) is 4.79 Å². The maximum Gasteiger partial charge on any atom is 0.341 e. The molecule has 3 rings (SSSR count). The number of benzene rings is 1. The van der Waals surface area contributed by atoms with Crippen molar-refractivity contribution >= 4 is 11.9 Å². The van der Waals surface area contributed by atoms with Crippen molar-refractivity contribution in [3.63, 3.8) is 0 Å². The lowest BCUT2D eigenvalue weighted by atomic mass is 9.79. The topological polar surface area (TPSA) is 78.9 Å². The number of hydrogen-bond donors (Lipinski definition) is 2. The summed E-state index contributed by atoms with van der Waals surface area (Å²) in [5, 5.41) is 12.0. The molecule has 6 heteroatoms. The average Bonchev–Trinajstić information content (AvgIpc) is 2.68. The first-order valence-corrected chi connectivity index (χ1v) is 9.54. The molecule has 0 bridgehead atoms. The van der Waals surface area contributed by atoms with Crippen LogP contribution in [0.3, 0.4) is 0 Å². The fraction of sp³-hybridized carbons (Fsp3) is 0.600. The van der Waals surface area contributed by atoms with Crippen LogP contribution < -0.4 is 10.1 Å². The second kappa shape index (κ2) is 9.03. The molecule has 1 aromatic rings. The third-order valence-corrected chi connectivity index (χ3v) is 5.58. The summed E-state index contributed by atoms with van der Waals surface area (Å²) in [6.07, 6.45) is 5.18. The van der Waals surface area contributed by atoms with E-state index >= 15 is 0 Å². The number of rotatable bonds is 6. The highest BCUT2D eigenvalue weighted by atomic mass is 16.5. The van der Waals surface area contributed by atoms with Gasteiger partial charge in [0.1, 0.15) is 5.75 Å². The van der Waals surface area contributed by atoms with E-state index < -0.39 is 5.97 Å². The van der Waals surface area contributed by atoms with Crippen LogP contribution in [0.4, 0.5) is 0 Å². The Bertz CT molecular complexity index is 603. The number of hydrogen-bond acceptors (Lipinski definition) is 4. The van der Waals surface area contributed by atoms with Crippen LogP contribution in [0, 0.1) is 11.8 Å². The van der Waals surface area contributed by atoms with Crippen molar-refractivity contribution in [2.45, 2.75) is 32.1 Å². The van der Waals surface area contributed by atoms with Crippen LogP contribution >= 0.6 is 0 Å². The van der Waals surface area contributed by atoms with Gasteiger partial charge in [0.2, 0.25) is 5.91 Å². The summed E-state index contributed by atoms with van der Waals surface area (Å²) in [7, 11) is 0. The van der Waals surface area contributed by atoms with E-state index in [0.29, 0.717) is 12.2 Å². The number of carbonyl (C=O) groups excluding carboxylic acids is 1. The van der Waals surface area contributed by atoms with E-state index in [-0.39, 0.29) is 12.5 Å².